The number of nitrogens with one attached hydrogen (secondary N) is 4. The molecule has 8 rings (SSSR count). The molecule has 0 saturated carbocycles. The lowest BCUT2D eigenvalue weighted by Gasteiger charge is -2.44. The Hall–Kier alpha value is -4.88. The van der Waals surface area contributed by atoms with E-state index in [0.717, 1.165) is 67.6 Å². The Kier molecular flexibility index (Phi) is 13.3. The average Bonchev–Trinajstić information content (AvgIpc) is 3.27. The first-order valence-electron chi connectivity index (χ1n) is 21.5. The van der Waals surface area contributed by atoms with Gasteiger partial charge >= 0.3 is 0 Å². The van der Waals surface area contributed by atoms with Crippen LogP contribution in [0.4, 0.5) is 40.2 Å². The number of carbonyl (C=O) groups is 2. The fourth-order valence-corrected chi connectivity index (χ4v) is 10.4. The molecule has 1 atom stereocenters. The number of imide groups is 1. The molecular formula is C45H58ClN10O4P. The number of amides is 2. The number of ether oxygens (including phenoxy) is 1. The van der Waals surface area contributed by atoms with E-state index >= 15 is 0 Å². The van der Waals surface area contributed by atoms with Crippen LogP contribution in [0.2, 0.25) is 5.02 Å². The Morgan fingerprint density at radius 1 is 0.820 bits per heavy atom. The van der Waals surface area contributed by atoms with Crippen LogP contribution < -0.4 is 41.1 Å². The van der Waals surface area contributed by atoms with E-state index in [-0.39, 0.29) is 17.9 Å². The molecule has 3 aromatic carbocycles. The summed E-state index contributed by atoms with van der Waals surface area (Å²) in [6.07, 6.45) is 7.29. The van der Waals surface area contributed by atoms with Crippen molar-refractivity contribution in [3.63, 3.8) is 0 Å². The van der Waals surface area contributed by atoms with Crippen LogP contribution in [0.5, 0.6) is 5.75 Å². The number of hydrogen-bond donors (Lipinski definition) is 4. The maximum absolute atomic E-state index is 12.9. The highest BCUT2D eigenvalue weighted by Gasteiger charge is 2.30. The summed E-state index contributed by atoms with van der Waals surface area (Å²) < 4.78 is 18.8. The van der Waals surface area contributed by atoms with Gasteiger partial charge in [0.2, 0.25) is 17.8 Å². The highest BCUT2D eigenvalue weighted by molar-refractivity contribution is 7.70. The normalized spacial score (nSPS) is 20.0. The molecule has 0 aliphatic carbocycles. The van der Waals surface area contributed by atoms with E-state index in [1.54, 1.807) is 26.6 Å². The van der Waals surface area contributed by atoms with Gasteiger partial charge in [-0.1, -0.05) is 23.7 Å². The number of anilines is 7. The molecule has 5 heterocycles. The number of halogens is 1. The monoisotopic (exact) mass is 868 g/mol. The number of hydrogen-bond acceptors (Lipinski definition) is 13. The van der Waals surface area contributed by atoms with E-state index < -0.39 is 7.14 Å². The van der Waals surface area contributed by atoms with E-state index in [4.69, 9.17) is 16.3 Å². The number of nitrogens with zero attached hydrogens (tertiary/aromatic N) is 6. The van der Waals surface area contributed by atoms with Gasteiger partial charge in [0.1, 0.15) is 24.0 Å². The molecule has 4 aliphatic heterocycles. The molecule has 61 heavy (non-hydrogen) atoms. The molecule has 16 heteroatoms. The second-order valence-corrected chi connectivity index (χ2v) is 20.7. The van der Waals surface area contributed by atoms with Crippen molar-refractivity contribution in [1.29, 1.82) is 0 Å². The third-order valence-corrected chi connectivity index (χ3v) is 14.4. The van der Waals surface area contributed by atoms with Crippen LogP contribution in [0.15, 0.2) is 72.9 Å². The van der Waals surface area contributed by atoms with Gasteiger partial charge in [0.15, 0.2) is 5.82 Å². The van der Waals surface area contributed by atoms with Gasteiger partial charge in [-0.25, -0.2) is 4.98 Å². The molecule has 0 radical (unpaired) electrons. The van der Waals surface area contributed by atoms with Gasteiger partial charge in [0, 0.05) is 86.7 Å². The third-order valence-electron chi connectivity index (χ3n) is 12.6. The van der Waals surface area contributed by atoms with Gasteiger partial charge < -0.3 is 40.0 Å². The number of likely N-dealkylation sites (tertiary alicyclic amines) is 1. The van der Waals surface area contributed by atoms with Crippen LogP contribution in [0, 0.1) is 5.92 Å². The lowest BCUT2D eigenvalue weighted by atomic mass is 9.94. The van der Waals surface area contributed by atoms with Gasteiger partial charge in [-0.2, -0.15) is 4.98 Å². The lowest BCUT2D eigenvalue weighted by Crippen LogP contribution is -2.53. The number of carbonyl (C=O) groups excluding carboxylic acids is 2. The average molecular weight is 869 g/mol. The number of benzene rings is 3. The van der Waals surface area contributed by atoms with Crippen molar-refractivity contribution >= 4 is 76.1 Å². The summed E-state index contributed by atoms with van der Waals surface area (Å²) in [7, 11) is -0.866. The quantitative estimate of drug-likeness (QED) is 0.0847. The van der Waals surface area contributed by atoms with Crippen LogP contribution in [-0.4, -0.2) is 123 Å². The standard InChI is InChI=1S/C45H58ClN10O4P/c1-60-40-28-35(12-13-37(40)50-45-47-29-36(46)43(52-45)49-38-6-4-5-7-41(38)61(2,3)59)56-26-24-55(25-27-56)34-18-20-53(21-19-34)30-31-16-22-54(23-17-31)33-10-8-32(9-11-33)48-39-14-15-42(57)51-44(39)58/h4-13,28-29,31,34,39,48H,14-27,30H2,1-3H3,(H,51,57,58)(H2,47,49,50,52). The molecule has 2 amide bonds. The molecule has 14 nitrogen and oxygen atoms in total. The molecule has 4 aliphatic rings. The second kappa shape index (κ2) is 19.0. The highest BCUT2D eigenvalue weighted by atomic mass is 35.5. The summed E-state index contributed by atoms with van der Waals surface area (Å²) in [6, 6.07) is 22.3. The van der Waals surface area contributed by atoms with E-state index in [9.17, 15) is 14.2 Å². The zero-order valence-corrected chi connectivity index (χ0v) is 37.1. The van der Waals surface area contributed by atoms with Crippen molar-refractivity contribution in [3.8, 4) is 5.75 Å². The summed E-state index contributed by atoms with van der Waals surface area (Å²) in [6.45, 7) is 13.2. The van der Waals surface area contributed by atoms with Gasteiger partial charge in [-0.05, 0) is 113 Å². The van der Waals surface area contributed by atoms with Crippen LogP contribution in [0.1, 0.15) is 38.5 Å². The van der Waals surface area contributed by atoms with Crippen molar-refractivity contribution in [2.75, 3.05) is 105 Å². The van der Waals surface area contributed by atoms with Crippen molar-refractivity contribution in [3.05, 3.63) is 77.9 Å². The number of aromatic nitrogens is 2. The molecule has 4 fully saturated rings. The molecular weight excluding hydrogens is 811 g/mol. The summed E-state index contributed by atoms with van der Waals surface area (Å²) >= 11 is 6.49. The van der Waals surface area contributed by atoms with Gasteiger partial charge in [0.05, 0.1) is 24.7 Å². The molecule has 0 spiro atoms. The number of methoxy groups -OCH3 is 1. The summed E-state index contributed by atoms with van der Waals surface area (Å²) in [5, 5.41) is 13.3. The fraction of sp³-hybridized carbons (Fsp3) is 0.467. The molecule has 4 aromatic rings. The number of piperazine rings is 1. The van der Waals surface area contributed by atoms with Crippen molar-refractivity contribution in [2.45, 2.75) is 50.6 Å². The van der Waals surface area contributed by atoms with E-state index in [1.165, 1.54) is 51.0 Å². The van der Waals surface area contributed by atoms with Crippen LogP contribution >= 0.6 is 18.7 Å². The summed E-state index contributed by atoms with van der Waals surface area (Å²) in [5.74, 6) is 1.76. The maximum atomic E-state index is 12.9. The zero-order valence-electron chi connectivity index (χ0n) is 35.4. The van der Waals surface area contributed by atoms with E-state index in [0.29, 0.717) is 47.1 Å². The minimum absolute atomic E-state index is 0.196. The maximum Gasteiger partial charge on any atom is 0.249 e. The topological polar surface area (TPSA) is 147 Å². The van der Waals surface area contributed by atoms with Gasteiger partial charge in [-0.15, -0.1) is 0 Å². The smallest absolute Gasteiger partial charge is 0.249 e. The Balaban J connectivity index is 0.768. The first-order valence-corrected chi connectivity index (χ1v) is 24.5. The fourth-order valence-electron chi connectivity index (χ4n) is 9.14. The lowest BCUT2D eigenvalue weighted by molar-refractivity contribution is -0.133. The third kappa shape index (κ3) is 10.6. The Morgan fingerprint density at radius 2 is 1.52 bits per heavy atom. The van der Waals surface area contributed by atoms with Crippen molar-refractivity contribution in [2.24, 2.45) is 5.92 Å². The minimum atomic E-state index is -2.54. The Bertz CT molecular complexity index is 2220. The Morgan fingerprint density at radius 3 is 2.23 bits per heavy atom. The summed E-state index contributed by atoms with van der Waals surface area (Å²) in [5.41, 5.74) is 4.70. The molecule has 4 N–H and O–H groups in total. The summed E-state index contributed by atoms with van der Waals surface area (Å²) in [4.78, 5) is 43.0. The van der Waals surface area contributed by atoms with Crippen LogP contribution in [-0.2, 0) is 14.2 Å². The number of rotatable bonds is 13. The zero-order chi connectivity index (χ0) is 42.5. The predicted octanol–water partition coefficient (Wildman–Crippen LogP) is 6.59. The first-order chi connectivity index (χ1) is 29.5. The minimum Gasteiger partial charge on any atom is -0.494 e. The first kappa shape index (κ1) is 42.8. The van der Waals surface area contributed by atoms with Crippen LogP contribution in [0.25, 0.3) is 0 Å². The molecule has 324 valence electrons. The highest BCUT2D eigenvalue weighted by Crippen LogP contribution is 2.39. The van der Waals surface area contributed by atoms with Gasteiger partial charge in [0.25, 0.3) is 0 Å². The van der Waals surface area contributed by atoms with E-state index in [2.05, 4.69) is 75.1 Å². The molecule has 0 bridgehead atoms. The van der Waals surface area contributed by atoms with Crippen molar-refractivity contribution < 1.29 is 18.9 Å². The van der Waals surface area contributed by atoms with E-state index in [1.807, 2.05) is 42.5 Å². The molecule has 1 unspecified atom stereocenters. The second-order valence-electron chi connectivity index (χ2n) is 17.1. The Labute approximate surface area is 364 Å². The molecule has 4 saturated heterocycles. The number of para-hydroxylation sites is 1. The van der Waals surface area contributed by atoms with Crippen molar-refractivity contribution in [1.82, 2.24) is 25.1 Å². The predicted molar refractivity (Wildman–Crippen MR) is 247 cm³/mol. The largest absolute Gasteiger partial charge is 0.494 e. The van der Waals surface area contributed by atoms with Crippen LogP contribution in [0.3, 0.4) is 0 Å². The van der Waals surface area contributed by atoms with Gasteiger partial charge in [-0.3, -0.25) is 19.8 Å². The SMILES string of the molecule is COc1cc(N2CCN(C3CCN(CC4CCN(c5ccc(NC6CCC(=O)NC6=O)cc5)CC4)CC3)CC2)ccc1Nc1ncc(Cl)c(Nc2ccccc2P(C)(C)=O)n1. The molecule has 1 aromatic heterocycles. The number of piperidine rings is 3.